The zero-order chi connectivity index (χ0) is 8.32. The van der Waals surface area contributed by atoms with E-state index in [4.69, 9.17) is 5.11 Å². The van der Waals surface area contributed by atoms with Gasteiger partial charge in [0.15, 0.2) is 0 Å². The van der Waals surface area contributed by atoms with Gasteiger partial charge in [0.2, 0.25) is 0 Å². The first-order valence-corrected chi connectivity index (χ1v) is 3.86. The lowest BCUT2D eigenvalue weighted by atomic mass is 9.83. The summed E-state index contributed by atoms with van der Waals surface area (Å²) in [6.07, 6.45) is 8.03. The summed E-state index contributed by atoms with van der Waals surface area (Å²) in [5.41, 5.74) is -0.780. The Labute approximate surface area is 66.9 Å². The SMILES string of the molecule is CC1(O)C=CC=CC1CCO. The van der Waals surface area contributed by atoms with E-state index < -0.39 is 5.60 Å². The number of allylic oxidation sites excluding steroid dienone is 2. The number of aliphatic hydroxyl groups excluding tert-OH is 1. The van der Waals surface area contributed by atoms with E-state index in [-0.39, 0.29) is 12.5 Å². The molecule has 0 fully saturated rings. The van der Waals surface area contributed by atoms with Gasteiger partial charge < -0.3 is 10.2 Å². The zero-order valence-corrected chi connectivity index (χ0v) is 6.70. The Hall–Kier alpha value is -0.600. The van der Waals surface area contributed by atoms with Crippen LogP contribution in [0.25, 0.3) is 0 Å². The van der Waals surface area contributed by atoms with Crippen LogP contribution in [-0.4, -0.2) is 22.4 Å². The molecule has 0 aliphatic heterocycles. The van der Waals surface area contributed by atoms with E-state index in [0.717, 1.165) is 0 Å². The zero-order valence-electron chi connectivity index (χ0n) is 6.70. The molecule has 1 aliphatic carbocycles. The third kappa shape index (κ3) is 1.91. The molecule has 2 atom stereocenters. The van der Waals surface area contributed by atoms with Gasteiger partial charge in [0.25, 0.3) is 0 Å². The summed E-state index contributed by atoms with van der Waals surface area (Å²) >= 11 is 0. The average Bonchev–Trinajstić information content (AvgIpc) is 1.94. The van der Waals surface area contributed by atoms with Gasteiger partial charge in [0, 0.05) is 12.5 Å². The standard InChI is InChI=1S/C9H14O2/c1-9(11)6-3-2-4-8(9)5-7-10/h2-4,6,8,10-11H,5,7H2,1H3. The molecule has 0 aromatic rings. The van der Waals surface area contributed by atoms with Gasteiger partial charge in [-0.05, 0) is 13.3 Å². The predicted molar refractivity (Wildman–Crippen MR) is 44.1 cm³/mol. The van der Waals surface area contributed by atoms with Crippen LogP contribution >= 0.6 is 0 Å². The number of hydrogen-bond donors (Lipinski definition) is 2. The molecule has 62 valence electrons. The van der Waals surface area contributed by atoms with Crippen LogP contribution in [0.2, 0.25) is 0 Å². The topological polar surface area (TPSA) is 40.5 Å². The van der Waals surface area contributed by atoms with Gasteiger partial charge in [-0.25, -0.2) is 0 Å². The molecule has 2 unspecified atom stereocenters. The minimum Gasteiger partial charge on any atom is -0.396 e. The van der Waals surface area contributed by atoms with Crippen LogP contribution in [0, 0.1) is 5.92 Å². The predicted octanol–water partition coefficient (Wildman–Crippen LogP) is 0.862. The second-order valence-electron chi connectivity index (χ2n) is 3.09. The minimum absolute atomic E-state index is 0.0532. The van der Waals surface area contributed by atoms with Crippen LogP contribution in [0.4, 0.5) is 0 Å². The summed E-state index contributed by atoms with van der Waals surface area (Å²) in [7, 11) is 0. The smallest absolute Gasteiger partial charge is 0.0865 e. The summed E-state index contributed by atoms with van der Waals surface area (Å²) in [4.78, 5) is 0. The van der Waals surface area contributed by atoms with E-state index in [1.807, 2.05) is 18.2 Å². The molecule has 0 aromatic carbocycles. The fraction of sp³-hybridized carbons (Fsp3) is 0.556. The molecule has 2 nitrogen and oxygen atoms in total. The van der Waals surface area contributed by atoms with Crippen molar-refractivity contribution in [3.8, 4) is 0 Å². The van der Waals surface area contributed by atoms with Crippen LogP contribution in [0.3, 0.4) is 0 Å². The van der Waals surface area contributed by atoms with Crippen molar-refractivity contribution < 1.29 is 10.2 Å². The molecule has 1 rings (SSSR count). The third-order valence-electron chi connectivity index (χ3n) is 2.08. The highest BCUT2D eigenvalue weighted by Crippen LogP contribution is 2.26. The molecule has 0 bridgehead atoms. The molecule has 2 N–H and O–H groups in total. The highest BCUT2D eigenvalue weighted by atomic mass is 16.3. The minimum atomic E-state index is -0.780. The lowest BCUT2D eigenvalue weighted by Crippen LogP contribution is -2.32. The molecule has 0 aromatic heterocycles. The van der Waals surface area contributed by atoms with Crippen LogP contribution in [0.1, 0.15) is 13.3 Å². The number of rotatable bonds is 2. The number of aliphatic hydroxyl groups is 2. The van der Waals surface area contributed by atoms with E-state index in [9.17, 15) is 5.11 Å². The number of hydrogen-bond acceptors (Lipinski definition) is 2. The highest BCUT2D eigenvalue weighted by molar-refractivity contribution is 5.20. The third-order valence-corrected chi connectivity index (χ3v) is 2.08. The maximum Gasteiger partial charge on any atom is 0.0865 e. The van der Waals surface area contributed by atoms with E-state index in [1.165, 1.54) is 0 Å². The molecule has 0 saturated heterocycles. The molecule has 0 spiro atoms. The lowest BCUT2D eigenvalue weighted by Gasteiger charge is -2.29. The molecular formula is C9H14O2. The second-order valence-corrected chi connectivity index (χ2v) is 3.09. The van der Waals surface area contributed by atoms with Gasteiger partial charge in [-0.3, -0.25) is 0 Å². The summed E-state index contributed by atoms with van der Waals surface area (Å²) in [6.45, 7) is 1.88. The molecule has 2 heteroatoms. The van der Waals surface area contributed by atoms with Crippen LogP contribution in [0.15, 0.2) is 24.3 Å². The summed E-state index contributed by atoms with van der Waals surface area (Å²) in [5.74, 6) is 0.0532. The van der Waals surface area contributed by atoms with Crippen molar-refractivity contribution in [3.05, 3.63) is 24.3 Å². The first kappa shape index (κ1) is 8.50. The first-order chi connectivity index (χ1) is 5.17. The molecule has 0 heterocycles. The maximum atomic E-state index is 9.72. The first-order valence-electron chi connectivity index (χ1n) is 3.86. The van der Waals surface area contributed by atoms with Crippen LogP contribution in [0.5, 0.6) is 0 Å². The van der Waals surface area contributed by atoms with E-state index in [2.05, 4.69) is 0 Å². The van der Waals surface area contributed by atoms with Crippen LogP contribution < -0.4 is 0 Å². The van der Waals surface area contributed by atoms with Gasteiger partial charge in [-0.2, -0.15) is 0 Å². The Kier molecular flexibility index (Phi) is 2.47. The summed E-state index contributed by atoms with van der Waals surface area (Å²) in [6, 6.07) is 0. The highest BCUT2D eigenvalue weighted by Gasteiger charge is 2.27. The van der Waals surface area contributed by atoms with Crippen molar-refractivity contribution in [2.75, 3.05) is 6.61 Å². The Bertz CT molecular complexity index is 180. The van der Waals surface area contributed by atoms with E-state index in [0.29, 0.717) is 6.42 Å². The lowest BCUT2D eigenvalue weighted by molar-refractivity contribution is 0.0535. The molecule has 1 aliphatic rings. The summed E-state index contributed by atoms with van der Waals surface area (Å²) in [5, 5.41) is 18.4. The van der Waals surface area contributed by atoms with Crippen molar-refractivity contribution in [1.82, 2.24) is 0 Å². The average molecular weight is 154 g/mol. The normalized spacial score (nSPS) is 36.1. The van der Waals surface area contributed by atoms with Gasteiger partial charge in [0.1, 0.15) is 0 Å². The Morgan fingerprint density at radius 3 is 2.73 bits per heavy atom. The molecule has 0 saturated carbocycles. The Balaban J connectivity index is 2.64. The Morgan fingerprint density at radius 2 is 2.18 bits per heavy atom. The van der Waals surface area contributed by atoms with Gasteiger partial charge in [-0.1, -0.05) is 24.3 Å². The molecule has 0 radical (unpaired) electrons. The maximum absolute atomic E-state index is 9.72. The molecule has 0 amide bonds. The van der Waals surface area contributed by atoms with Crippen molar-refractivity contribution in [2.45, 2.75) is 18.9 Å². The molecular weight excluding hydrogens is 140 g/mol. The monoisotopic (exact) mass is 154 g/mol. The largest absolute Gasteiger partial charge is 0.396 e. The van der Waals surface area contributed by atoms with Gasteiger partial charge >= 0.3 is 0 Å². The van der Waals surface area contributed by atoms with Crippen molar-refractivity contribution in [2.24, 2.45) is 5.92 Å². The van der Waals surface area contributed by atoms with E-state index in [1.54, 1.807) is 13.0 Å². The van der Waals surface area contributed by atoms with Crippen molar-refractivity contribution in [1.29, 1.82) is 0 Å². The second kappa shape index (κ2) is 3.20. The van der Waals surface area contributed by atoms with Crippen molar-refractivity contribution in [3.63, 3.8) is 0 Å². The van der Waals surface area contributed by atoms with E-state index >= 15 is 0 Å². The quantitative estimate of drug-likeness (QED) is 0.619. The van der Waals surface area contributed by atoms with Crippen molar-refractivity contribution >= 4 is 0 Å². The fourth-order valence-electron chi connectivity index (χ4n) is 1.29. The van der Waals surface area contributed by atoms with Gasteiger partial charge in [0.05, 0.1) is 5.60 Å². The molecule has 11 heavy (non-hydrogen) atoms. The summed E-state index contributed by atoms with van der Waals surface area (Å²) < 4.78 is 0. The van der Waals surface area contributed by atoms with Crippen LogP contribution in [-0.2, 0) is 0 Å². The Morgan fingerprint density at radius 1 is 1.45 bits per heavy atom. The van der Waals surface area contributed by atoms with Gasteiger partial charge in [-0.15, -0.1) is 0 Å². The fourth-order valence-corrected chi connectivity index (χ4v) is 1.29.